The summed E-state index contributed by atoms with van der Waals surface area (Å²) >= 11 is 4.19. The second-order valence-electron chi connectivity index (χ2n) is 21.6. The maximum Gasteiger partial charge on any atom is 0.254 e. The second kappa shape index (κ2) is 29.9. The fourth-order valence-electron chi connectivity index (χ4n) is 9.24. The van der Waals surface area contributed by atoms with Gasteiger partial charge in [-0.3, -0.25) is 19.1 Å². The molecule has 0 spiro atoms. The van der Waals surface area contributed by atoms with Gasteiger partial charge in [-0.05, 0) is 151 Å². The predicted molar refractivity (Wildman–Crippen MR) is 344 cm³/mol. The monoisotopic (exact) mass is 1430 g/mol. The van der Waals surface area contributed by atoms with Crippen LogP contribution in [0.3, 0.4) is 0 Å². The minimum Gasteiger partial charge on any atom is -0.482 e. The molecule has 8 aromatic rings. The van der Waals surface area contributed by atoms with Gasteiger partial charge in [0.2, 0.25) is 0 Å². The van der Waals surface area contributed by atoms with Crippen LogP contribution in [0, 0.1) is 48.8 Å². The van der Waals surface area contributed by atoms with Crippen LogP contribution in [0.25, 0.3) is 11.3 Å². The summed E-state index contributed by atoms with van der Waals surface area (Å²) in [7, 11) is 4.94. The molecule has 88 heavy (non-hydrogen) atoms. The third-order valence-electron chi connectivity index (χ3n) is 13.4. The van der Waals surface area contributed by atoms with Gasteiger partial charge in [-0.25, -0.2) is 32.8 Å². The SMILES string of the molecule is C#CCN(C)C(=O)c1ccc(F)cc1[C@@H](C)Oc1cc(I)cnc1N.CC(C)Cn1cc(CN(C)C(=O)c2ccc(F)cc2[C@@H](C)Oc2cc(I)cnc2N)nn1.CC(C)Cn1nnc2c1-c1cnc(N)c(c1)O[C@H](C)c1cc(F)ccc1C(=O)N(C)C2. The second-order valence-corrected chi connectivity index (χ2v) is 24.1. The van der Waals surface area contributed by atoms with E-state index in [2.05, 4.69) is 114 Å². The van der Waals surface area contributed by atoms with Crippen molar-refractivity contribution in [1.29, 1.82) is 0 Å². The number of amides is 3. The van der Waals surface area contributed by atoms with E-state index in [9.17, 15) is 27.6 Å². The molecule has 9 rings (SSSR count). The van der Waals surface area contributed by atoms with Gasteiger partial charge in [0.25, 0.3) is 17.7 Å². The summed E-state index contributed by atoms with van der Waals surface area (Å²) in [5.74, 6) is 2.72. The van der Waals surface area contributed by atoms with E-state index in [4.69, 9.17) is 37.8 Å². The predicted octanol–water partition coefficient (Wildman–Crippen LogP) is 10.8. The first-order valence-corrected chi connectivity index (χ1v) is 29.8. The number of fused-ring (bicyclic) bond motifs is 5. The first-order chi connectivity index (χ1) is 41.7. The van der Waals surface area contributed by atoms with Gasteiger partial charge in [0, 0.05) is 98.9 Å². The molecule has 26 heteroatoms. The minimum absolute atomic E-state index is 0.151. The van der Waals surface area contributed by atoms with E-state index in [0.717, 1.165) is 24.9 Å². The summed E-state index contributed by atoms with van der Waals surface area (Å²) in [6, 6.07) is 17.3. The first-order valence-electron chi connectivity index (χ1n) is 27.7. The molecule has 0 saturated carbocycles. The Balaban J connectivity index is 0.000000190. The van der Waals surface area contributed by atoms with Crippen LogP contribution in [-0.2, 0) is 26.2 Å². The molecule has 1 aliphatic rings. The molecule has 5 aromatic heterocycles. The molecule has 3 amide bonds. The summed E-state index contributed by atoms with van der Waals surface area (Å²) in [6.45, 7) is 15.6. The van der Waals surface area contributed by atoms with Crippen LogP contribution in [0.2, 0.25) is 0 Å². The normalized spacial score (nSPS) is 13.4. The van der Waals surface area contributed by atoms with Gasteiger partial charge in [-0.1, -0.05) is 44.0 Å². The molecule has 0 fully saturated rings. The van der Waals surface area contributed by atoms with Gasteiger partial charge >= 0.3 is 0 Å². The highest BCUT2D eigenvalue weighted by atomic mass is 127. The summed E-state index contributed by atoms with van der Waals surface area (Å²) in [4.78, 5) is 55.8. The number of rotatable bonds is 15. The topological polar surface area (TPSA) is 267 Å². The largest absolute Gasteiger partial charge is 0.482 e. The Kier molecular flexibility index (Phi) is 22.7. The third-order valence-corrected chi connectivity index (χ3v) is 14.6. The van der Waals surface area contributed by atoms with E-state index in [0.29, 0.717) is 80.4 Å². The smallest absolute Gasteiger partial charge is 0.254 e. The fourth-order valence-corrected chi connectivity index (χ4v) is 10.1. The van der Waals surface area contributed by atoms with Gasteiger partial charge in [-0.15, -0.1) is 16.6 Å². The van der Waals surface area contributed by atoms with Crippen molar-refractivity contribution >= 4 is 80.4 Å². The Labute approximate surface area is 535 Å². The maximum atomic E-state index is 14.1. The van der Waals surface area contributed by atoms with Crippen LogP contribution < -0.4 is 31.4 Å². The van der Waals surface area contributed by atoms with Crippen molar-refractivity contribution in [3.05, 3.63) is 167 Å². The van der Waals surface area contributed by atoms with Gasteiger partial charge in [-0.2, -0.15) is 0 Å². The Morgan fingerprint density at radius 1 is 0.739 bits per heavy atom. The number of hydrogen-bond acceptors (Lipinski definition) is 16. The number of terminal acetylenes is 1. The van der Waals surface area contributed by atoms with E-state index < -0.39 is 35.8 Å². The van der Waals surface area contributed by atoms with Crippen LogP contribution in [0.4, 0.5) is 30.6 Å². The average Bonchev–Trinajstić information content (AvgIpc) is 2.99. The summed E-state index contributed by atoms with van der Waals surface area (Å²) in [5, 5.41) is 16.9. The van der Waals surface area contributed by atoms with Crippen molar-refractivity contribution in [2.24, 2.45) is 11.8 Å². The highest BCUT2D eigenvalue weighted by Gasteiger charge is 2.28. The summed E-state index contributed by atoms with van der Waals surface area (Å²) in [6.07, 6.45) is 10.1. The van der Waals surface area contributed by atoms with Crippen LogP contribution in [0.5, 0.6) is 17.2 Å². The number of carbonyl (C=O) groups is 3. The lowest BCUT2D eigenvalue weighted by Crippen LogP contribution is -2.28. The number of nitrogens with two attached hydrogens (primary N) is 3. The van der Waals surface area contributed by atoms with Crippen LogP contribution >= 0.6 is 45.2 Å². The van der Waals surface area contributed by atoms with Crippen molar-refractivity contribution in [3.63, 3.8) is 0 Å². The first kappa shape index (κ1) is 66.9. The highest BCUT2D eigenvalue weighted by Crippen LogP contribution is 2.36. The van der Waals surface area contributed by atoms with Gasteiger partial charge in [0.15, 0.2) is 34.7 Å². The molecule has 21 nitrogen and oxygen atoms in total. The number of anilines is 3. The van der Waals surface area contributed by atoms with Crippen LogP contribution in [0.1, 0.15) is 126 Å². The van der Waals surface area contributed by atoms with E-state index in [1.54, 1.807) is 88.3 Å². The number of aromatic nitrogens is 9. The quantitative estimate of drug-likeness (QED) is 0.0636. The Morgan fingerprint density at radius 3 is 1.83 bits per heavy atom. The standard InChI is InChI=1S/C22H26FIN6O2.C22H25FN6O2.C18H17FIN3O2/c1-13(2)10-30-12-17(27-28-30)11-29(4)22(31)18-6-5-15(23)7-19(18)14(3)32-20-8-16(24)9-26-21(20)25;1-12(2)10-29-20-14-7-19(21(24)25-9-14)31-13(3)17-8-15(23)5-6-16(17)22(30)28(4)11-18(20)26-27-29;1-4-7-23(3)18(24)14-6-5-12(19)8-15(14)11(2)25-16-9-13(20)10-22-17(16)21/h5-9,12-14H,10-11H2,1-4H3,(H2,25,26);5-9,12-13H,10-11H2,1-4H3,(H2,24,25);1,5-6,8-11H,7H2,2-3H3,(H2,21,22)/t14-;13-;11-/m111/s1. The summed E-state index contributed by atoms with van der Waals surface area (Å²) < 4.78 is 64.9. The van der Waals surface area contributed by atoms with E-state index in [1.807, 2.05) is 10.9 Å². The lowest BCUT2D eigenvalue weighted by atomic mass is 10.0. The number of nitrogens with zero attached hydrogens (tertiary/aromatic N) is 12. The lowest BCUT2D eigenvalue weighted by molar-refractivity contribution is 0.0771. The van der Waals surface area contributed by atoms with Gasteiger partial charge in [0.1, 0.15) is 47.2 Å². The molecule has 2 bridgehead atoms. The molecular formula is C62H68F3I2N15O6. The molecule has 462 valence electrons. The molecule has 0 saturated heterocycles. The number of hydrogen-bond donors (Lipinski definition) is 3. The number of benzene rings is 3. The fraction of sp³-hybridized carbons (Fsp3) is 0.323. The van der Waals surface area contributed by atoms with E-state index in [-0.39, 0.29) is 54.8 Å². The Hall–Kier alpha value is -8.59. The van der Waals surface area contributed by atoms with Crippen molar-refractivity contribution in [3.8, 4) is 40.8 Å². The molecule has 6 N–H and O–H groups in total. The molecular weight excluding hydrogens is 1360 g/mol. The zero-order valence-corrected chi connectivity index (χ0v) is 54.5. The summed E-state index contributed by atoms with van der Waals surface area (Å²) in [5.41, 5.74) is 22.9. The number of pyridine rings is 3. The van der Waals surface area contributed by atoms with E-state index in [1.165, 1.54) is 64.4 Å². The van der Waals surface area contributed by atoms with Crippen LogP contribution in [-0.4, -0.2) is 105 Å². The number of ether oxygens (including phenoxy) is 3. The van der Waals surface area contributed by atoms with Gasteiger partial charge < -0.3 is 46.1 Å². The Bertz CT molecular complexity index is 3860. The number of nitrogen functional groups attached to an aromatic ring is 3. The molecule has 0 unspecified atom stereocenters. The minimum atomic E-state index is -0.632. The average molecular weight is 1430 g/mol. The lowest BCUT2D eigenvalue weighted by Gasteiger charge is -2.24. The maximum absolute atomic E-state index is 14.1. The molecule has 6 heterocycles. The molecule has 3 aromatic carbocycles. The Morgan fingerprint density at radius 2 is 1.27 bits per heavy atom. The number of halogens is 5. The van der Waals surface area contributed by atoms with E-state index >= 15 is 0 Å². The van der Waals surface area contributed by atoms with Gasteiger partial charge in [0.05, 0.1) is 31.5 Å². The zero-order valence-electron chi connectivity index (χ0n) is 50.2. The van der Waals surface area contributed by atoms with Crippen molar-refractivity contribution in [1.82, 2.24) is 59.6 Å². The highest BCUT2D eigenvalue weighted by molar-refractivity contribution is 14.1. The molecule has 3 atom stereocenters. The molecule has 0 radical (unpaired) electrons. The van der Waals surface area contributed by atoms with Crippen molar-refractivity contribution in [2.75, 3.05) is 44.9 Å². The molecule has 1 aliphatic heterocycles. The third kappa shape index (κ3) is 17.1. The number of carbonyl (C=O) groups excluding carboxylic acids is 3. The zero-order chi connectivity index (χ0) is 64.3. The van der Waals surface area contributed by atoms with Crippen LogP contribution in [0.15, 0.2) is 97.6 Å². The van der Waals surface area contributed by atoms with Crippen molar-refractivity contribution < 1.29 is 41.8 Å². The molecule has 0 aliphatic carbocycles. The van der Waals surface area contributed by atoms with Crippen molar-refractivity contribution in [2.45, 2.75) is 93.0 Å².